The van der Waals surface area contributed by atoms with Crippen LogP contribution in [0.2, 0.25) is 0 Å². The molecule has 266 valence electrons. The molecule has 0 fully saturated rings. The highest BCUT2D eigenvalue weighted by molar-refractivity contribution is 6.16. The van der Waals surface area contributed by atoms with Gasteiger partial charge in [0.1, 0.15) is 22.3 Å². The molecule has 0 atom stereocenters. The molecule has 0 bridgehead atoms. The van der Waals surface area contributed by atoms with Crippen LogP contribution in [0.15, 0.2) is 209 Å². The molecule has 2 aromatic heterocycles. The summed E-state index contributed by atoms with van der Waals surface area (Å²) in [7, 11) is 0. The fourth-order valence-electron chi connectivity index (χ4n) is 8.86. The van der Waals surface area contributed by atoms with Crippen molar-refractivity contribution < 1.29 is 8.83 Å². The monoisotopic (exact) mass is 727 g/mol. The molecule has 57 heavy (non-hydrogen) atoms. The molecule has 3 nitrogen and oxygen atoms in total. The van der Waals surface area contributed by atoms with Crippen molar-refractivity contribution in [2.24, 2.45) is 0 Å². The predicted molar refractivity (Wildman–Crippen MR) is 239 cm³/mol. The highest BCUT2D eigenvalue weighted by Gasteiger charge is 2.20. The second kappa shape index (κ2) is 12.5. The lowest BCUT2D eigenvalue weighted by atomic mass is 9.97. The van der Waals surface area contributed by atoms with Crippen LogP contribution in [0.4, 0.5) is 17.1 Å². The molecule has 0 radical (unpaired) electrons. The van der Waals surface area contributed by atoms with Gasteiger partial charge < -0.3 is 13.7 Å². The number of benzene rings is 10. The number of fused-ring (bicyclic) bond motifs is 11. The normalized spacial score (nSPS) is 11.9. The second-order valence-corrected chi connectivity index (χ2v) is 14.9. The Bertz CT molecular complexity index is 3530. The first-order valence-corrected chi connectivity index (χ1v) is 19.4. The summed E-state index contributed by atoms with van der Waals surface area (Å²) >= 11 is 0. The minimum atomic E-state index is 0.856. The van der Waals surface area contributed by atoms with Gasteiger partial charge in [0.25, 0.3) is 0 Å². The van der Waals surface area contributed by atoms with E-state index in [2.05, 4.69) is 193 Å². The molecule has 0 spiro atoms. The zero-order chi connectivity index (χ0) is 37.5. The fraction of sp³-hybridized carbons (Fsp3) is 0. The number of hydrogen-bond donors (Lipinski definition) is 0. The zero-order valence-electron chi connectivity index (χ0n) is 30.8. The number of furan rings is 2. The van der Waals surface area contributed by atoms with E-state index in [0.717, 1.165) is 77.5 Å². The van der Waals surface area contributed by atoms with Gasteiger partial charge in [0.2, 0.25) is 0 Å². The molecule has 10 aromatic carbocycles. The van der Waals surface area contributed by atoms with Gasteiger partial charge in [-0.25, -0.2) is 0 Å². The van der Waals surface area contributed by atoms with Crippen molar-refractivity contribution in [2.45, 2.75) is 0 Å². The topological polar surface area (TPSA) is 29.5 Å². The molecule has 0 aliphatic carbocycles. The van der Waals surface area contributed by atoms with Crippen molar-refractivity contribution >= 4 is 93.3 Å². The van der Waals surface area contributed by atoms with E-state index in [4.69, 9.17) is 8.83 Å². The summed E-state index contributed by atoms with van der Waals surface area (Å²) in [6, 6.07) is 71.6. The molecule has 0 aliphatic rings. The quantitative estimate of drug-likeness (QED) is 0.165. The maximum Gasteiger partial charge on any atom is 0.143 e. The largest absolute Gasteiger partial charge is 0.456 e. The third kappa shape index (κ3) is 5.06. The van der Waals surface area contributed by atoms with Crippen molar-refractivity contribution in [3.63, 3.8) is 0 Å². The Labute approximate surface area is 328 Å². The Morgan fingerprint density at radius 2 is 0.895 bits per heavy atom. The van der Waals surface area contributed by atoms with Crippen molar-refractivity contribution in [1.29, 1.82) is 0 Å². The highest BCUT2D eigenvalue weighted by atomic mass is 16.3. The molecule has 0 saturated heterocycles. The van der Waals surface area contributed by atoms with Crippen LogP contribution in [-0.2, 0) is 0 Å². The van der Waals surface area contributed by atoms with Crippen molar-refractivity contribution in [3.05, 3.63) is 200 Å². The van der Waals surface area contributed by atoms with Crippen LogP contribution in [0.25, 0.3) is 98.4 Å². The van der Waals surface area contributed by atoms with E-state index in [1.165, 1.54) is 38.1 Å². The maximum atomic E-state index is 6.51. The summed E-state index contributed by atoms with van der Waals surface area (Å²) in [5.41, 5.74) is 11.3. The lowest BCUT2D eigenvalue weighted by molar-refractivity contribution is 0.669. The summed E-state index contributed by atoms with van der Waals surface area (Å²) in [5, 5.41) is 11.8. The van der Waals surface area contributed by atoms with Gasteiger partial charge in [-0.3, -0.25) is 0 Å². The first-order chi connectivity index (χ1) is 28.2. The molecule has 2 heterocycles. The molecule has 0 aliphatic heterocycles. The van der Waals surface area contributed by atoms with Crippen LogP contribution in [0.3, 0.4) is 0 Å². The minimum Gasteiger partial charge on any atom is -0.456 e. The number of para-hydroxylation sites is 2. The van der Waals surface area contributed by atoms with E-state index in [1.54, 1.807) is 0 Å². The van der Waals surface area contributed by atoms with Crippen LogP contribution in [0.1, 0.15) is 0 Å². The minimum absolute atomic E-state index is 0.856. The van der Waals surface area contributed by atoms with E-state index in [0.29, 0.717) is 0 Å². The fourth-order valence-corrected chi connectivity index (χ4v) is 8.86. The van der Waals surface area contributed by atoms with Gasteiger partial charge >= 0.3 is 0 Å². The van der Waals surface area contributed by atoms with Gasteiger partial charge in [-0.05, 0) is 104 Å². The van der Waals surface area contributed by atoms with Crippen LogP contribution >= 0.6 is 0 Å². The number of anilines is 3. The molecular formula is C54H33NO2. The third-order valence-corrected chi connectivity index (χ3v) is 11.6. The Morgan fingerprint density at radius 1 is 0.298 bits per heavy atom. The van der Waals surface area contributed by atoms with E-state index in [-0.39, 0.29) is 0 Å². The van der Waals surface area contributed by atoms with Crippen molar-refractivity contribution in [3.8, 4) is 22.3 Å². The molecule has 0 unspecified atom stereocenters. The molecule has 12 rings (SSSR count). The third-order valence-electron chi connectivity index (χ3n) is 11.6. The number of rotatable bonds is 5. The standard InChI is InChI=1S/C54H33NO2/c1-3-11-42-35(9-1)17-18-38-31-37(22-27-43(38)42)34-19-24-40(25-20-34)55(41-26-29-47-46-14-6-8-16-51(46)56-53(47)33-41)50-15-7-5-12-44(50)39-23-30-52-49(32-39)48-28-21-36-10-2-4-13-45(36)54(48)57-52/h1-33H. The van der Waals surface area contributed by atoms with Gasteiger partial charge in [-0.2, -0.15) is 0 Å². The van der Waals surface area contributed by atoms with E-state index in [9.17, 15) is 0 Å². The van der Waals surface area contributed by atoms with Crippen molar-refractivity contribution in [1.82, 2.24) is 0 Å². The maximum absolute atomic E-state index is 6.51. The Balaban J connectivity index is 1.01. The molecular weight excluding hydrogens is 695 g/mol. The Kier molecular flexibility index (Phi) is 6.93. The highest BCUT2D eigenvalue weighted by Crippen LogP contribution is 2.45. The Morgan fingerprint density at radius 3 is 1.79 bits per heavy atom. The molecule has 0 saturated carbocycles. The van der Waals surface area contributed by atoms with Gasteiger partial charge in [0.15, 0.2) is 0 Å². The smallest absolute Gasteiger partial charge is 0.143 e. The van der Waals surface area contributed by atoms with Gasteiger partial charge in [0, 0.05) is 49.9 Å². The van der Waals surface area contributed by atoms with Crippen LogP contribution in [0.5, 0.6) is 0 Å². The zero-order valence-corrected chi connectivity index (χ0v) is 30.8. The van der Waals surface area contributed by atoms with Crippen molar-refractivity contribution in [2.75, 3.05) is 4.90 Å². The molecule has 0 amide bonds. The van der Waals surface area contributed by atoms with Crippen LogP contribution in [-0.4, -0.2) is 0 Å². The molecule has 3 heteroatoms. The molecule has 0 N–H and O–H groups in total. The first-order valence-electron chi connectivity index (χ1n) is 19.4. The van der Waals surface area contributed by atoms with E-state index >= 15 is 0 Å². The second-order valence-electron chi connectivity index (χ2n) is 14.9. The number of nitrogens with zero attached hydrogens (tertiary/aromatic N) is 1. The summed E-state index contributed by atoms with van der Waals surface area (Å²) in [6.45, 7) is 0. The lowest BCUT2D eigenvalue weighted by Crippen LogP contribution is -2.11. The van der Waals surface area contributed by atoms with Crippen LogP contribution in [0, 0.1) is 0 Å². The van der Waals surface area contributed by atoms with Gasteiger partial charge in [-0.1, -0.05) is 133 Å². The average Bonchev–Trinajstić information content (AvgIpc) is 3.85. The Hall–Kier alpha value is -7.62. The SMILES string of the molecule is c1ccc(N(c2ccc(-c3ccc4c(ccc5ccccc54)c3)cc2)c2ccc3c(c2)oc2ccccc23)c(-c2ccc3oc4c5ccccc5ccc4c3c2)c1. The lowest BCUT2D eigenvalue weighted by Gasteiger charge is -2.28. The molecule has 12 aromatic rings. The summed E-state index contributed by atoms with van der Waals surface area (Å²) in [5.74, 6) is 0. The summed E-state index contributed by atoms with van der Waals surface area (Å²) in [6.07, 6.45) is 0. The van der Waals surface area contributed by atoms with Gasteiger partial charge in [0.05, 0.1) is 5.69 Å². The summed E-state index contributed by atoms with van der Waals surface area (Å²) < 4.78 is 13.0. The van der Waals surface area contributed by atoms with Crippen LogP contribution < -0.4 is 4.90 Å². The predicted octanol–water partition coefficient (Wildman–Crippen LogP) is 15.7. The van der Waals surface area contributed by atoms with E-state index in [1.807, 2.05) is 12.1 Å². The average molecular weight is 728 g/mol. The number of hydrogen-bond acceptors (Lipinski definition) is 3. The van der Waals surface area contributed by atoms with Gasteiger partial charge in [-0.15, -0.1) is 0 Å². The first kappa shape index (κ1) is 31.7. The summed E-state index contributed by atoms with van der Waals surface area (Å²) in [4.78, 5) is 2.35. The van der Waals surface area contributed by atoms with E-state index < -0.39 is 0 Å².